The van der Waals surface area contributed by atoms with E-state index in [0.29, 0.717) is 16.6 Å². The van der Waals surface area contributed by atoms with Crippen LogP contribution in [0.2, 0.25) is 16.6 Å². The van der Waals surface area contributed by atoms with Crippen molar-refractivity contribution in [3.8, 4) is 0 Å². The van der Waals surface area contributed by atoms with E-state index in [1.807, 2.05) is 19.2 Å². The van der Waals surface area contributed by atoms with Crippen LogP contribution in [0.15, 0.2) is 11.8 Å². The van der Waals surface area contributed by atoms with Crippen molar-refractivity contribution in [1.29, 1.82) is 0 Å². The first kappa shape index (κ1) is 34.6. The zero-order valence-electron chi connectivity index (χ0n) is 23.3. The largest absolute Gasteiger partial charge is 0.415 e. The quantitative estimate of drug-likeness (QED) is 0.236. The van der Waals surface area contributed by atoms with E-state index in [-0.39, 0.29) is 12.3 Å². The van der Waals surface area contributed by atoms with E-state index in [1.54, 1.807) is 0 Å². The molecule has 3 N–H and O–H groups in total. The maximum Gasteiger partial charge on any atom is 0.389 e. The van der Waals surface area contributed by atoms with Gasteiger partial charge in [0.25, 0.3) is 5.91 Å². The second-order valence-corrected chi connectivity index (χ2v) is 19.6. The van der Waals surface area contributed by atoms with Crippen molar-refractivity contribution in [3.63, 3.8) is 0 Å². The number of carbonyl (C=O) groups excluding carboxylic acids is 2. The molecule has 0 bridgehead atoms. The molecular weight excluding hydrogens is 513 g/mol. The number of imide groups is 1. The summed E-state index contributed by atoms with van der Waals surface area (Å²) in [5.41, 5.74) is 6.62. The second kappa shape index (κ2) is 12.4. The van der Waals surface area contributed by atoms with Gasteiger partial charge in [-0.1, -0.05) is 55.4 Å². The molecule has 0 heterocycles. The number of hydrogen-bond donors (Lipinski definition) is 2. The molecular formula is C24H45F3N2O5SSi. The van der Waals surface area contributed by atoms with Crippen molar-refractivity contribution < 1.29 is 35.6 Å². The lowest BCUT2D eigenvalue weighted by Gasteiger charge is -2.44. The van der Waals surface area contributed by atoms with Crippen LogP contribution in [0.4, 0.5) is 13.2 Å². The van der Waals surface area contributed by atoms with Crippen LogP contribution in [-0.2, 0) is 23.9 Å². The molecule has 0 spiro atoms. The molecule has 0 aliphatic heterocycles. The summed E-state index contributed by atoms with van der Waals surface area (Å²) in [7, 11) is -6.46. The summed E-state index contributed by atoms with van der Waals surface area (Å²) in [5.74, 6) is -2.89. The van der Waals surface area contributed by atoms with Crippen molar-refractivity contribution in [1.82, 2.24) is 5.32 Å². The van der Waals surface area contributed by atoms with Gasteiger partial charge in [-0.15, -0.1) is 0 Å². The number of hydrogen-bond acceptors (Lipinski definition) is 6. The summed E-state index contributed by atoms with van der Waals surface area (Å²) >= 11 is 0. The van der Waals surface area contributed by atoms with E-state index >= 15 is 0 Å². The highest BCUT2D eigenvalue weighted by Gasteiger charge is 2.46. The molecule has 0 aromatic rings. The van der Waals surface area contributed by atoms with Gasteiger partial charge in [0.2, 0.25) is 5.91 Å². The Balaban J connectivity index is 5.50. The highest BCUT2D eigenvalue weighted by Crippen LogP contribution is 2.43. The van der Waals surface area contributed by atoms with E-state index in [0.717, 1.165) is 19.9 Å². The van der Waals surface area contributed by atoms with Crippen LogP contribution in [-0.4, -0.2) is 51.8 Å². The Morgan fingerprint density at radius 2 is 1.42 bits per heavy atom. The van der Waals surface area contributed by atoms with Crippen LogP contribution >= 0.6 is 0 Å². The fourth-order valence-electron chi connectivity index (χ4n) is 4.38. The maximum atomic E-state index is 12.6. The minimum atomic E-state index is -4.50. The molecule has 7 nitrogen and oxygen atoms in total. The third-order valence-electron chi connectivity index (χ3n) is 6.89. The zero-order valence-corrected chi connectivity index (χ0v) is 25.1. The molecule has 0 aromatic heterocycles. The number of amides is 2. The van der Waals surface area contributed by atoms with E-state index < -0.39 is 64.9 Å². The van der Waals surface area contributed by atoms with Crippen LogP contribution in [0.5, 0.6) is 0 Å². The van der Waals surface area contributed by atoms with Crippen LogP contribution in [0.1, 0.15) is 82.1 Å². The Hall–Kier alpha value is -1.40. The van der Waals surface area contributed by atoms with Gasteiger partial charge in [0, 0.05) is 30.2 Å². The lowest BCUT2D eigenvalue weighted by molar-refractivity contribution is -0.134. The lowest BCUT2D eigenvalue weighted by Crippen LogP contribution is -2.51. The molecule has 36 heavy (non-hydrogen) atoms. The van der Waals surface area contributed by atoms with Crippen LogP contribution in [0, 0.1) is 5.41 Å². The van der Waals surface area contributed by atoms with Crippen molar-refractivity contribution in [2.45, 2.75) is 110 Å². The Morgan fingerprint density at radius 3 is 1.81 bits per heavy atom. The second-order valence-electron chi connectivity index (χ2n) is 11.5. The standard InChI is InChI=1S/C24H45F3N2O5SSi/c1-16(2)36(17(3)4,18(5)6)34-15-22(7,8)19(28)14-20(30)29-21(31)23(9,10)35(32,33)13-11-12-24(25,26)27/h14,16-18H,11-13,15,28H2,1-10H3,(H,29,30,31). The minimum Gasteiger partial charge on any atom is -0.415 e. The number of alkyl halides is 3. The molecule has 0 aliphatic carbocycles. The summed E-state index contributed by atoms with van der Waals surface area (Å²) in [5, 5.41) is 2.00. The van der Waals surface area contributed by atoms with Crippen LogP contribution < -0.4 is 11.1 Å². The fraction of sp³-hybridized carbons (Fsp3) is 0.833. The van der Waals surface area contributed by atoms with E-state index in [2.05, 4.69) is 41.5 Å². The monoisotopic (exact) mass is 558 g/mol. The fourth-order valence-corrected chi connectivity index (χ4v) is 11.4. The Bertz CT molecular complexity index is 889. The summed E-state index contributed by atoms with van der Waals surface area (Å²) < 4.78 is 66.6. The molecule has 0 atom stereocenters. The molecule has 12 heteroatoms. The van der Waals surface area contributed by atoms with Crippen molar-refractivity contribution in [3.05, 3.63) is 11.8 Å². The Morgan fingerprint density at radius 1 is 0.972 bits per heavy atom. The number of nitrogens with two attached hydrogens (primary N) is 1. The number of sulfone groups is 1. The summed E-state index contributed by atoms with van der Waals surface area (Å²) in [4.78, 5) is 25.1. The van der Waals surface area contributed by atoms with Crippen LogP contribution in [0.25, 0.3) is 0 Å². The first-order chi connectivity index (χ1) is 15.9. The van der Waals surface area contributed by atoms with Gasteiger partial charge in [-0.05, 0) is 36.9 Å². The third-order valence-corrected chi connectivity index (χ3v) is 15.5. The number of nitrogens with one attached hydrogen (secondary N) is 1. The number of carbonyl (C=O) groups is 2. The molecule has 2 amide bonds. The molecule has 0 unspecified atom stereocenters. The predicted molar refractivity (Wildman–Crippen MR) is 139 cm³/mol. The van der Waals surface area contributed by atoms with E-state index in [9.17, 15) is 31.2 Å². The third kappa shape index (κ3) is 8.86. The first-order valence-corrected chi connectivity index (χ1v) is 16.0. The van der Waals surface area contributed by atoms with Crippen molar-refractivity contribution in [2.24, 2.45) is 11.1 Å². The Kier molecular flexibility index (Phi) is 11.9. The molecule has 212 valence electrons. The zero-order chi connectivity index (χ0) is 28.9. The van der Waals surface area contributed by atoms with Gasteiger partial charge in [-0.25, -0.2) is 8.42 Å². The van der Waals surface area contributed by atoms with Gasteiger partial charge < -0.3 is 10.2 Å². The van der Waals surface area contributed by atoms with Gasteiger partial charge in [-0.2, -0.15) is 13.2 Å². The summed E-state index contributed by atoms with van der Waals surface area (Å²) in [6.07, 6.45) is -5.44. The van der Waals surface area contributed by atoms with Gasteiger partial charge in [-0.3, -0.25) is 14.9 Å². The van der Waals surface area contributed by atoms with Crippen molar-refractivity contribution >= 4 is 30.0 Å². The molecule has 0 saturated heterocycles. The normalized spacial score (nSPS) is 14.6. The minimum absolute atomic E-state index is 0.151. The highest BCUT2D eigenvalue weighted by molar-refractivity contribution is 7.93. The average Bonchev–Trinajstić information content (AvgIpc) is 2.65. The molecule has 0 aromatic carbocycles. The van der Waals surface area contributed by atoms with Crippen molar-refractivity contribution in [2.75, 3.05) is 12.4 Å². The molecule has 0 aliphatic rings. The lowest BCUT2D eigenvalue weighted by atomic mass is 9.90. The van der Waals surface area contributed by atoms with E-state index in [1.165, 1.54) is 0 Å². The van der Waals surface area contributed by atoms with Gasteiger partial charge in [0.1, 0.15) is 4.75 Å². The summed E-state index contributed by atoms with van der Waals surface area (Å²) in [6.45, 7) is 18.9. The van der Waals surface area contributed by atoms with Gasteiger partial charge >= 0.3 is 6.18 Å². The highest BCUT2D eigenvalue weighted by atomic mass is 32.2. The molecule has 0 rings (SSSR count). The average molecular weight is 559 g/mol. The first-order valence-electron chi connectivity index (χ1n) is 12.2. The van der Waals surface area contributed by atoms with Gasteiger partial charge in [0.15, 0.2) is 18.2 Å². The SMILES string of the molecule is CC(C)[Si](OCC(C)(C)C(N)=CC(=O)NC(=O)C(C)(C)S(=O)(=O)CCCC(F)(F)F)(C(C)C)C(C)C. The van der Waals surface area contributed by atoms with Crippen LogP contribution in [0.3, 0.4) is 0 Å². The molecule has 0 radical (unpaired) electrons. The molecule has 0 saturated carbocycles. The number of rotatable bonds is 13. The molecule has 0 fully saturated rings. The topological polar surface area (TPSA) is 116 Å². The summed E-state index contributed by atoms with van der Waals surface area (Å²) in [6, 6.07) is 0. The van der Waals surface area contributed by atoms with E-state index in [4.69, 9.17) is 10.2 Å². The predicted octanol–water partition coefficient (Wildman–Crippen LogP) is 5.23. The van der Waals surface area contributed by atoms with Gasteiger partial charge in [0.05, 0.1) is 5.75 Å². The smallest absolute Gasteiger partial charge is 0.389 e. The maximum absolute atomic E-state index is 12.6. The number of halogens is 3. The Labute approximate surface area is 215 Å².